The molecule has 5 nitrogen and oxygen atoms in total. The van der Waals surface area contributed by atoms with Crippen LogP contribution in [0.2, 0.25) is 0 Å². The van der Waals surface area contributed by atoms with E-state index in [0.717, 1.165) is 44.6 Å². The van der Waals surface area contributed by atoms with E-state index in [1.165, 1.54) is 30.5 Å². The largest absolute Gasteiger partial charge is 0.504 e. The van der Waals surface area contributed by atoms with E-state index in [2.05, 4.69) is 31.7 Å². The van der Waals surface area contributed by atoms with Gasteiger partial charge in [-0.1, -0.05) is 26.8 Å². The topological polar surface area (TPSA) is 62.2 Å². The lowest BCUT2D eigenvalue weighted by Crippen LogP contribution is -2.83. The second-order valence-corrected chi connectivity index (χ2v) is 13.8. The Morgan fingerprint density at radius 3 is 2.59 bits per heavy atom. The molecule has 34 heavy (non-hydrogen) atoms. The van der Waals surface area contributed by atoms with E-state index in [4.69, 9.17) is 9.47 Å². The standard InChI is InChI=1S/C29H41NO4/c1-25(2,3)26(4,32)20-15-27-10-11-29(20,33-5)24-28(27)12-13-30(16-17-6-7-17)21(27)14-18-8-9-19(31)23(34-24)22(18)28/h8-9,17,20-21,24,31-32H,6-7,10-16H2,1-5H3/t20-,21-,24-,26-,27-,28+,29?/m1/s1. The molecular weight excluding hydrogens is 426 g/mol. The van der Waals surface area contributed by atoms with Crippen LogP contribution in [0.4, 0.5) is 0 Å². The summed E-state index contributed by atoms with van der Waals surface area (Å²) in [6, 6.07) is 4.46. The van der Waals surface area contributed by atoms with E-state index in [9.17, 15) is 10.2 Å². The molecule has 186 valence electrons. The molecule has 1 saturated heterocycles. The van der Waals surface area contributed by atoms with E-state index in [1.807, 2.05) is 20.1 Å². The number of nitrogens with zero attached hydrogens (tertiary/aromatic N) is 1. The van der Waals surface area contributed by atoms with Gasteiger partial charge in [0.05, 0.1) is 5.60 Å². The number of benzene rings is 1. The Hall–Kier alpha value is -1.30. The number of hydrogen-bond acceptors (Lipinski definition) is 5. The molecule has 1 aromatic rings. The molecule has 5 aliphatic carbocycles. The van der Waals surface area contributed by atoms with Crippen LogP contribution in [0, 0.1) is 22.7 Å². The lowest BCUT2D eigenvalue weighted by Gasteiger charge is -2.75. The molecule has 2 spiro atoms. The van der Waals surface area contributed by atoms with Crippen molar-refractivity contribution < 1.29 is 19.7 Å². The highest BCUT2D eigenvalue weighted by molar-refractivity contribution is 5.63. The Labute approximate surface area is 203 Å². The maximum absolute atomic E-state index is 12.2. The third-order valence-corrected chi connectivity index (χ3v) is 11.9. The minimum absolute atomic E-state index is 0.0294. The molecule has 1 unspecified atom stereocenters. The Balaban J connectivity index is 1.47. The lowest BCUT2D eigenvalue weighted by molar-refractivity contribution is -0.312. The number of aliphatic hydroxyl groups is 1. The first-order valence-electron chi connectivity index (χ1n) is 13.6. The number of likely N-dealkylation sites (tertiary alicyclic amines) is 1. The molecule has 0 amide bonds. The van der Waals surface area contributed by atoms with Crippen molar-refractivity contribution in [2.24, 2.45) is 22.7 Å². The van der Waals surface area contributed by atoms with Crippen LogP contribution in [-0.2, 0) is 16.6 Å². The number of phenols is 1. The van der Waals surface area contributed by atoms with Crippen LogP contribution in [-0.4, -0.2) is 58.7 Å². The molecular formula is C29H41NO4. The van der Waals surface area contributed by atoms with Crippen molar-refractivity contribution in [1.29, 1.82) is 0 Å². The Bertz CT molecular complexity index is 1060. The smallest absolute Gasteiger partial charge is 0.165 e. The third-order valence-electron chi connectivity index (χ3n) is 11.9. The Kier molecular flexibility index (Phi) is 4.08. The quantitative estimate of drug-likeness (QED) is 0.687. The van der Waals surface area contributed by atoms with E-state index < -0.39 is 11.2 Å². The fraction of sp³-hybridized carbons (Fsp3) is 0.793. The average Bonchev–Trinajstić information content (AvgIpc) is 3.53. The van der Waals surface area contributed by atoms with Gasteiger partial charge in [0.1, 0.15) is 11.7 Å². The van der Waals surface area contributed by atoms with Crippen molar-refractivity contribution in [3.05, 3.63) is 23.3 Å². The zero-order chi connectivity index (χ0) is 23.9. The zero-order valence-corrected chi connectivity index (χ0v) is 21.5. The summed E-state index contributed by atoms with van der Waals surface area (Å²) in [6.07, 6.45) is 7.64. The van der Waals surface area contributed by atoms with Crippen LogP contribution >= 0.6 is 0 Å². The number of ether oxygens (including phenoxy) is 2. The molecule has 2 heterocycles. The van der Waals surface area contributed by atoms with Gasteiger partial charge in [-0.25, -0.2) is 0 Å². The Morgan fingerprint density at radius 2 is 1.91 bits per heavy atom. The summed E-state index contributed by atoms with van der Waals surface area (Å²) in [7, 11) is 1.83. The number of piperidine rings is 1. The molecule has 0 radical (unpaired) electrons. The van der Waals surface area contributed by atoms with Gasteiger partial charge in [0.15, 0.2) is 11.5 Å². The highest BCUT2D eigenvalue weighted by atomic mass is 16.6. The van der Waals surface area contributed by atoms with E-state index >= 15 is 0 Å². The highest BCUT2D eigenvalue weighted by Crippen LogP contribution is 2.78. The molecule has 7 aliphatic rings. The van der Waals surface area contributed by atoms with Gasteiger partial charge in [-0.3, -0.25) is 4.90 Å². The van der Waals surface area contributed by atoms with Crippen LogP contribution in [0.25, 0.3) is 0 Å². The second kappa shape index (κ2) is 6.33. The summed E-state index contributed by atoms with van der Waals surface area (Å²) in [5, 5.41) is 23.2. The summed E-state index contributed by atoms with van der Waals surface area (Å²) in [6.45, 7) is 10.8. The zero-order valence-electron chi connectivity index (χ0n) is 21.5. The van der Waals surface area contributed by atoms with Crippen molar-refractivity contribution in [3.8, 4) is 11.5 Å². The predicted molar refractivity (Wildman–Crippen MR) is 130 cm³/mol. The van der Waals surface area contributed by atoms with Gasteiger partial charge in [0.25, 0.3) is 0 Å². The minimum atomic E-state index is -0.909. The maximum Gasteiger partial charge on any atom is 0.165 e. The summed E-state index contributed by atoms with van der Waals surface area (Å²) < 4.78 is 13.5. The van der Waals surface area contributed by atoms with Crippen molar-refractivity contribution in [2.75, 3.05) is 20.2 Å². The fourth-order valence-electron chi connectivity index (χ4n) is 9.58. The molecule has 4 bridgehead atoms. The van der Waals surface area contributed by atoms with Crippen LogP contribution in [0.1, 0.15) is 77.3 Å². The molecule has 5 fully saturated rings. The Morgan fingerprint density at radius 1 is 1.15 bits per heavy atom. The van der Waals surface area contributed by atoms with Gasteiger partial charge in [0.2, 0.25) is 0 Å². The van der Waals surface area contributed by atoms with Crippen LogP contribution < -0.4 is 4.74 Å². The third kappa shape index (κ3) is 2.25. The summed E-state index contributed by atoms with van der Waals surface area (Å²) in [4.78, 5) is 2.82. The number of aromatic hydroxyl groups is 1. The number of fused-ring (bicyclic) bond motifs is 2. The molecule has 0 aromatic heterocycles. The maximum atomic E-state index is 12.2. The molecule has 4 saturated carbocycles. The van der Waals surface area contributed by atoms with Gasteiger partial charge in [0, 0.05) is 42.0 Å². The molecule has 7 atom stereocenters. The van der Waals surface area contributed by atoms with Gasteiger partial charge < -0.3 is 19.7 Å². The van der Waals surface area contributed by atoms with Crippen molar-refractivity contribution in [3.63, 3.8) is 0 Å². The van der Waals surface area contributed by atoms with Gasteiger partial charge in [-0.05, 0) is 81.4 Å². The first-order chi connectivity index (χ1) is 16.0. The van der Waals surface area contributed by atoms with E-state index in [-0.39, 0.29) is 34.0 Å². The van der Waals surface area contributed by atoms with E-state index in [0.29, 0.717) is 11.8 Å². The first-order valence-corrected chi connectivity index (χ1v) is 13.6. The minimum Gasteiger partial charge on any atom is -0.504 e. The van der Waals surface area contributed by atoms with Crippen LogP contribution in [0.3, 0.4) is 0 Å². The second-order valence-electron chi connectivity index (χ2n) is 13.8. The molecule has 2 aliphatic heterocycles. The van der Waals surface area contributed by atoms with Crippen LogP contribution in [0.15, 0.2) is 12.1 Å². The summed E-state index contributed by atoms with van der Waals surface area (Å²) in [5.41, 5.74) is 0.783. The first kappa shape index (κ1) is 21.9. The average molecular weight is 468 g/mol. The number of methoxy groups -OCH3 is 1. The lowest BCUT2D eigenvalue weighted by atomic mass is 9.33. The monoisotopic (exact) mass is 467 g/mol. The molecule has 2 N–H and O–H groups in total. The SMILES string of the molecule is COC12CC[C@@]3(C[C@@H]1[C@@](C)(O)C(C)(C)C)[C@H]1Cc4ccc(O)c5c4[C@@]3(CCN1CC1CC1)[C@H]2O5. The fourth-order valence-corrected chi connectivity index (χ4v) is 9.58. The van der Waals surface area contributed by atoms with Gasteiger partial charge >= 0.3 is 0 Å². The van der Waals surface area contributed by atoms with Crippen molar-refractivity contribution in [1.82, 2.24) is 4.90 Å². The molecule has 1 aromatic carbocycles. The summed E-state index contributed by atoms with van der Waals surface area (Å²) >= 11 is 0. The van der Waals surface area contributed by atoms with Gasteiger partial charge in [-0.15, -0.1) is 0 Å². The number of rotatable bonds is 4. The highest BCUT2D eigenvalue weighted by Gasteiger charge is 2.82. The van der Waals surface area contributed by atoms with E-state index in [1.54, 1.807) is 0 Å². The van der Waals surface area contributed by atoms with Crippen molar-refractivity contribution in [2.45, 2.75) is 101 Å². The summed E-state index contributed by atoms with van der Waals surface area (Å²) in [5.74, 6) is 1.80. The van der Waals surface area contributed by atoms with Gasteiger partial charge in [-0.2, -0.15) is 0 Å². The predicted octanol–water partition coefficient (Wildman–Crippen LogP) is 4.41. The van der Waals surface area contributed by atoms with Crippen LogP contribution in [0.5, 0.6) is 11.5 Å². The number of phenolic OH excluding ortho intramolecular Hbond substituents is 1. The van der Waals surface area contributed by atoms with Crippen molar-refractivity contribution >= 4 is 0 Å². The molecule has 5 heteroatoms. The molecule has 8 rings (SSSR count). The number of hydrogen-bond donors (Lipinski definition) is 2. The normalized spacial score (nSPS) is 43.9.